The molecule has 2 heterocycles. The lowest BCUT2D eigenvalue weighted by atomic mass is 10.4. The van der Waals surface area contributed by atoms with Crippen molar-refractivity contribution >= 4 is 23.4 Å². The highest BCUT2D eigenvalue weighted by Gasteiger charge is 2.06. The van der Waals surface area contributed by atoms with Gasteiger partial charge in [0.2, 0.25) is 0 Å². The monoisotopic (exact) mass is 229 g/mol. The van der Waals surface area contributed by atoms with E-state index in [0.29, 0.717) is 24.1 Å². The second kappa shape index (κ2) is 4.41. The zero-order chi connectivity index (χ0) is 10.1. The van der Waals surface area contributed by atoms with Crippen molar-refractivity contribution in [3.05, 3.63) is 22.9 Å². The molecule has 0 aliphatic rings. The fraction of sp³-hybridized carbons (Fsp3) is 0.375. The molecular formula is C8H12ClN5O. The highest BCUT2D eigenvalue weighted by molar-refractivity contribution is 5.85. The number of halogens is 1. The van der Waals surface area contributed by atoms with Gasteiger partial charge in [0.1, 0.15) is 11.7 Å². The van der Waals surface area contributed by atoms with Crippen LogP contribution in [0.15, 0.2) is 17.3 Å². The number of nitrogens with two attached hydrogens (primary N) is 1. The van der Waals surface area contributed by atoms with Crippen molar-refractivity contribution in [3.63, 3.8) is 0 Å². The average molecular weight is 230 g/mol. The zero-order valence-corrected chi connectivity index (χ0v) is 9.07. The molecule has 0 unspecified atom stereocenters. The van der Waals surface area contributed by atoms with Crippen LogP contribution in [0.5, 0.6) is 0 Å². The lowest BCUT2D eigenvalue weighted by Crippen LogP contribution is -2.24. The molecular weight excluding hydrogens is 218 g/mol. The van der Waals surface area contributed by atoms with Crippen molar-refractivity contribution in [3.8, 4) is 0 Å². The van der Waals surface area contributed by atoms with Crippen LogP contribution in [0.2, 0.25) is 0 Å². The van der Waals surface area contributed by atoms with Gasteiger partial charge in [-0.1, -0.05) is 0 Å². The lowest BCUT2D eigenvalue weighted by molar-refractivity contribution is 0.671. The van der Waals surface area contributed by atoms with Gasteiger partial charge in [0.05, 0.1) is 6.20 Å². The summed E-state index contributed by atoms with van der Waals surface area (Å²) in [4.78, 5) is 15.9. The Kier molecular flexibility index (Phi) is 3.43. The fourth-order valence-electron chi connectivity index (χ4n) is 1.36. The third-order valence-electron chi connectivity index (χ3n) is 2.09. The molecule has 2 aromatic rings. The Bertz CT molecular complexity index is 517. The van der Waals surface area contributed by atoms with E-state index < -0.39 is 0 Å². The second-order valence-corrected chi connectivity index (χ2v) is 3.04. The average Bonchev–Trinajstić information content (AvgIpc) is 2.54. The minimum absolute atomic E-state index is 0. The van der Waals surface area contributed by atoms with E-state index in [1.54, 1.807) is 11.7 Å². The van der Waals surface area contributed by atoms with Crippen LogP contribution in [-0.4, -0.2) is 25.9 Å². The highest BCUT2D eigenvalue weighted by Crippen LogP contribution is 2.02. The van der Waals surface area contributed by atoms with Crippen molar-refractivity contribution in [2.24, 2.45) is 12.8 Å². The largest absolute Gasteiger partial charge is 0.329 e. The van der Waals surface area contributed by atoms with Gasteiger partial charge < -0.3 is 5.73 Å². The Morgan fingerprint density at radius 2 is 2.27 bits per heavy atom. The molecule has 6 nitrogen and oxygen atoms in total. The summed E-state index contributed by atoms with van der Waals surface area (Å²) in [6.07, 6.45) is 3.02. The maximum Gasteiger partial charge on any atom is 0.264 e. The molecule has 0 saturated carbocycles. The number of fused-ring (bicyclic) bond motifs is 1. The van der Waals surface area contributed by atoms with Gasteiger partial charge in [-0.25, -0.2) is 4.98 Å². The molecule has 0 aliphatic carbocycles. The Morgan fingerprint density at radius 3 is 2.93 bits per heavy atom. The van der Waals surface area contributed by atoms with E-state index in [4.69, 9.17) is 5.73 Å². The van der Waals surface area contributed by atoms with Gasteiger partial charge in [0.15, 0.2) is 5.65 Å². The Balaban J connectivity index is 0.00000112. The van der Waals surface area contributed by atoms with Crippen LogP contribution in [0.4, 0.5) is 0 Å². The lowest BCUT2D eigenvalue weighted by Gasteiger charge is -2.01. The first kappa shape index (κ1) is 11.7. The maximum absolute atomic E-state index is 11.7. The van der Waals surface area contributed by atoms with Crippen molar-refractivity contribution < 1.29 is 0 Å². The first-order valence-electron chi connectivity index (χ1n) is 4.31. The molecule has 82 valence electrons. The van der Waals surface area contributed by atoms with E-state index in [-0.39, 0.29) is 18.0 Å². The van der Waals surface area contributed by atoms with Crippen LogP contribution in [0, 0.1) is 0 Å². The molecule has 7 heteroatoms. The van der Waals surface area contributed by atoms with Gasteiger partial charge in [-0.3, -0.25) is 14.0 Å². The van der Waals surface area contributed by atoms with Crippen LogP contribution in [0.1, 0.15) is 0 Å². The Labute approximate surface area is 92.1 Å². The molecule has 0 bridgehead atoms. The predicted molar refractivity (Wildman–Crippen MR) is 59.1 cm³/mol. The smallest absolute Gasteiger partial charge is 0.264 e. The molecule has 2 N–H and O–H groups in total. The summed E-state index contributed by atoms with van der Waals surface area (Å²) < 4.78 is 3.06. The van der Waals surface area contributed by atoms with Gasteiger partial charge in [0.25, 0.3) is 5.56 Å². The number of nitrogens with zero attached hydrogens (tertiary/aromatic N) is 4. The van der Waals surface area contributed by atoms with E-state index in [1.165, 1.54) is 17.1 Å². The van der Waals surface area contributed by atoms with Gasteiger partial charge in [-0.2, -0.15) is 5.10 Å². The third kappa shape index (κ3) is 1.86. The van der Waals surface area contributed by atoms with Crippen LogP contribution >= 0.6 is 12.4 Å². The third-order valence-corrected chi connectivity index (χ3v) is 2.09. The quantitative estimate of drug-likeness (QED) is 0.754. The van der Waals surface area contributed by atoms with E-state index in [1.807, 2.05) is 0 Å². The molecule has 0 aliphatic heterocycles. The second-order valence-electron chi connectivity index (χ2n) is 3.04. The number of hydrogen-bond acceptors (Lipinski definition) is 4. The molecule has 0 aromatic carbocycles. The standard InChI is InChI=1S/C8H11N5O.ClH/c1-12-7-6(4-11-12)8(14)13(3-2-9)5-10-7;/h4-5H,2-3,9H2,1H3;1H. The van der Waals surface area contributed by atoms with Gasteiger partial charge in [-0.05, 0) is 0 Å². The summed E-state index contributed by atoms with van der Waals surface area (Å²) in [5, 5.41) is 4.50. The predicted octanol–water partition coefficient (Wildman–Crippen LogP) is -0.489. The molecule has 0 atom stereocenters. The molecule has 2 aromatic heterocycles. The number of rotatable bonds is 2. The van der Waals surface area contributed by atoms with Crippen LogP contribution in [-0.2, 0) is 13.6 Å². The molecule has 0 saturated heterocycles. The van der Waals surface area contributed by atoms with Crippen LogP contribution in [0.3, 0.4) is 0 Å². The zero-order valence-electron chi connectivity index (χ0n) is 8.25. The van der Waals surface area contributed by atoms with E-state index in [9.17, 15) is 4.79 Å². The topological polar surface area (TPSA) is 78.7 Å². The fourth-order valence-corrected chi connectivity index (χ4v) is 1.36. The number of aromatic nitrogens is 4. The highest BCUT2D eigenvalue weighted by atomic mass is 35.5. The summed E-state index contributed by atoms with van der Waals surface area (Å²) >= 11 is 0. The number of aryl methyl sites for hydroxylation is 1. The van der Waals surface area contributed by atoms with Gasteiger partial charge >= 0.3 is 0 Å². The van der Waals surface area contributed by atoms with Gasteiger partial charge in [0, 0.05) is 20.1 Å². The SMILES string of the molecule is Cl.Cn1ncc2c(=O)n(CCN)cnc21. The maximum atomic E-state index is 11.7. The molecule has 2 rings (SSSR count). The Hall–Kier alpha value is -1.40. The Morgan fingerprint density at radius 1 is 1.53 bits per heavy atom. The minimum Gasteiger partial charge on any atom is -0.329 e. The van der Waals surface area contributed by atoms with Crippen LogP contribution in [0.25, 0.3) is 11.0 Å². The summed E-state index contributed by atoms with van der Waals surface area (Å²) in [6, 6.07) is 0. The van der Waals surface area contributed by atoms with Crippen molar-refractivity contribution in [2.45, 2.75) is 6.54 Å². The summed E-state index contributed by atoms with van der Waals surface area (Å²) in [5.74, 6) is 0. The first-order valence-corrected chi connectivity index (χ1v) is 4.31. The van der Waals surface area contributed by atoms with Crippen molar-refractivity contribution in [1.29, 1.82) is 0 Å². The van der Waals surface area contributed by atoms with Crippen molar-refractivity contribution in [1.82, 2.24) is 19.3 Å². The molecule has 0 spiro atoms. The molecule has 0 amide bonds. The summed E-state index contributed by atoms with van der Waals surface area (Å²) in [6.45, 7) is 0.907. The first-order chi connectivity index (χ1) is 6.74. The summed E-state index contributed by atoms with van der Waals surface area (Å²) in [5.41, 5.74) is 5.88. The normalized spacial score (nSPS) is 10.3. The molecule has 0 radical (unpaired) electrons. The molecule has 0 fully saturated rings. The summed E-state index contributed by atoms with van der Waals surface area (Å²) in [7, 11) is 1.75. The van der Waals surface area contributed by atoms with E-state index >= 15 is 0 Å². The van der Waals surface area contributed by atoms with Crippen LogP contribution < -0.4 is 11.3 Å². The van der Waals surface area contributed by atoms with Gasteiger partial charge in [-0.15, -0.1) is 12.4 Å². The molecule has 15 heavy (non-hydrogen) atoms. The van der Waals surface area contributed by atoms with E-state index in [0.717, 1.165) is 0 Å². The van der Waals surface area contributed by atoms with E-state index in [2.05, 4.69) is 10.1 Å². The van der Waals surface area contributed by atoms with Crippen molar-refractivity contribution in [2.75, 3.05) is 6.54 Å². The number of hydrogen-bond donors (Lipinski definition) is 1. The minimum atomic E-state index is -0.0893.